The molecule has 0 aromatic carbocycles. The molecule has 4 atom stereocenters. The Morgan fingerprint density at radius 1 is 1.40 bits per heavy atom. The Morgan fingerprint density at radius 3 is 2.80 bits per heavy atom. The fourth-order valence-corrected chi connectivity index (χ4v) is 3.41. The van der Waals surface area contributed by atoms with E-state index in [1.807, 2.05) is 11.0 Å². The van der Waals surface area contributed by atoms with Crippen LogP contribution in [0.4, 0.5) is 0 Å². The predicted molar refractivity (Wildman–Crippen MR) is 61.3 cm³/mol. The van der Waals surface area contributed by atoms with Gasteiger partial charge in [-0.2, -0.15) is 0 Å². The third-order valence-corrected chi connectivity index (χ3v) is 4.22. The first kappa shape index (κ1) is 10.7. The van der Waals surface area contributed by atoms with Gasteiger partial charge in [-0.05, 0) is 30.6 Å². The van der Waals surface area contributed by atoms with E-state index in [1.165, 1.54) is 12.8 Å². The van der Waals surface area contributed by atoms with Gasteiger partial charge in [-0.25, -0.2) is 0 Å². The molecule has 1 saturated heterocycles. The highest BCUT2D eigenvalue weighted by atomic mass is 16.2. The summed E-state index contributed by atoms with van der Waals surface area (Å²) >= 11 is 0. The highest BCUT2D eigenvalue weighted by molar-refractivity contribution is 5.80. The van der Waals surface area contributed by atoms with Gasteiger partial charge in [0.2, 0.25) is 5.91 Å². The Morgan fingerprint density at radius 2 is 2.13 bits per heavy atom. The van der Waals surface area contributed by atoms with Gasteiger partial charge in [-0.1, -0.05) is 19.9 Å². The average molecular weight is 207 g/mol. The predicted octanol–water partition coefficient (Wildman–Crippen LogP) is 2.31. The number of amides is 1. The number of fused-ring (bicyclic) bond motifs is 1. The number of carbonyl (C=O) groups excluding carboxylic acids is 1. The molecule has 2 heteroatoms. The maximum atomic E-state index is 12.2. The van der Waals surface area contributed by atoms with E-state index >= 15 is 0 Å². The van der Waals surface area contributed by atoms with Crippen LogP contribution in [0.25, 0.3) is 0 Å². The summed E-state index contributed by atoms with van der Waals surface area (Å²) in [6, 6.07) is 0. The minimum Gasteiger partial charge on any atom is -0.338 e. The van der Waals surface area contributed by atoms with E-state index in [0.717, 1.165) is 13.1 Å². The first-order valence-corrected chi connectivity index (χ1v) is 6.04. The number of hydrogen-bond donors (Lipinski definition) is 0. The van der Waals surface area contributed by atoms with Crippen molar-refractivity contribution in [2.24, 2.45) is 23.7 Å². The molecule has 2 fully saturated rings. The molecule has 0 N–H and O–H groups in total. The molecule has 0 unspecified atom stereocenters. The van der Waals surface area contributed by atoms with Crippen LogP contribution in [-0.2, 0) is 4.79 Å². The number of nitrogens with zero attached hydrogens (tertiary/aromatic N) is 1. The fraction of sp³-hybridized carbons (Fsp3) is 0.769. The summed E-state index contributed by atoms with van der Waals surface area (Å²) in [7, 11) is 0. The Bertz CT molecular complexity index is 274. The molecule has 2 rings (SSSR count). The molecule has 0 aromatic rings. The molecule has 2 aliphatic rings. The Labute approximate surface area is 92.3 Å². The van der Waals surface area contributed by atoms with Gasteiger partial charge in [0.1, 0.15) is 0 Å². The normalized spacial score (nSPS) is 40.4. The second-order valence-electron chi connectivity index (χ2n) is 5.25. The van der Waals surface area contributed by atoms with Crippen molar-refractivity contribution in [1.82, 2.24) is 4.90 Å². The second kappa shape index (κ2) is 3.99. The van der Waals surface area contributed by atoms with Gasteiger partial charge in [0.15, 0.2) is 0 Å². The van der Waals surface area contributed by atoms with E-state index in [2.05, 4.69) is 20.4 Å². The molecular formula is C13H21NO. The van der Waals surface area contributed by atoms with Gasteiger partial charge in [0.05, 0.1) is 0 Å². The molecule has 15 heavy (non-hydrogen) atoms. The van der Waals surface area contributed by atoms with E-state index in [4.69, 9.17) is 0 Å². The Balaban J connectivity index is 2.17. The van der Waals surface area contributed by atoms with Crippen molar-refractivity contribution in [2.45, 2.75) is 26.7 Å². The zero-order valence-corrected chi connectivity index (χ0v) is 9.78. The maximum absolute atomic E-state index is 12.2. The van der Waals surface area contributed by atoms with E-state index in [0.29, 0.717) is 29.6 Å². The largest absolute Gasteiger partial charge is 0.338 e. The highest BCUT2D eigenvalue weighted by Gasteiger charge is 2.46. The van der Waals surface area contributed by atoms with Crippen LogP contribution in [-0.4, -0.2) is 23.9 Å². The lowest BCUT2D eigenvalue weighted by Crippen LogP contribution is -2.49. The summed E-state index contributed by atoms with van der Waals surface area (Å²) in [4.78, 5) is 14.2. The summed E-state index contributed by atoms with van der Waals surface area (Å²) in [5, 5.41) is 0. The molecule has 1 amide bonds. The Kier molecular flexibility index (Phi) is 2.85. The van der Waals surface area contributed by atoms with E-state index in [9.17, 15) is 4.79 Å². The zero-order valence-electron chi connectivity index (χ0n) is 9.78. The van der Waals surface area contributed by atoms with Crippen LogP contribution in [0.1, 0.15) is 26.7 Å². The van der Waals surface area contributed by atoms with Crippen LogP contribution in [0.3, 0.4) is 0 Å². The van der Waals surface area contributed by atoms with E-state index in [-0.39, 0.29) is 0 Å². The van der Waals surface area contributed by atoms with Crippen molar-refractivity contribution in [3.05, 3.63) is 12.7 Å². The standard InChI is InChI=1S/C13H21NO/c1-4-7-14-8-10(3)11-6-5-9(2)12(11)13(14)15/h4,9-12H,1,5-8H2,2-3H3/t9-,10+,11+,12+/m0/s1. The van der Waals surface area contributed by atoms with Gasteiger partial charge in [-0.15, -0.1) is 6.58 Å². The van der Waals surface area contributed by atoms with Crippen molar-refractivity contribution in [3.63, 3.8) is 0 Å². The number of rotatable bonds is 2. The van der Waals surface area contributed by atoms with Gasteiger partial charge in [0, 0.05) is 19.0 Å². The van der Waals surface area contributed by atoms with Crippen LogP contribution in [0, 0.1) is 23.7 Å². The van der Waals surface area contributed by atoms with Crippen LogP contribution < -0.4 is 0 Å². The molecule has 1 heterocycles. The summed E-state index contributed by atoms with van der Waals surface area (Å²) in [6.07, 6.45) is 4.32. The fourth-order valence-electron chi connectivity index (χ4n) is 3.41. The van der Waals surface area contributed by atoms with Crippen molar-refractivity contribution in [1.29, 1.82) is 0 Å². The quantitative estimate of drug-likeness (QED) is 0.636. The Hall–Kier alpha value is -0.790. The number of piperidine rings is 1. The second-order valence-corrected chi connectivity index (χ2v) is 5.25. The molecule has 0 radical (unpaired) electrons. The summed E-state index contributed by atoms with van der Waals surface area (Å²) < 4.78 is 0. The molecule has 0 spiro atoms. The van der Waals surface area contributed by atoms with Crippen LogP contribution >= 0.6 is 0 Å². The zero-order chi connectivity index (χ0) is 11.0. The molecular weight excluding hydrogens is 186 g/mol. The van der Waals surface area contributed by atoms with Gasteiger partial charge < -0.3 is 4.90 Å². The van der Waals surface area contributed by atoms with Crippen molar-refractivity contribution >= 4 is 5.91 Å². The number of hydrogen-bond acceptors (Lipinski definition) is 1. The lowest BCUT2D eigenvalue weighted by molar-refractivity contribution is -0.143. The number of carbonyl (C=O) groups is 1. The van der Waals surface area contributed by atoms with Crippen LogP contribution in [0.15, 0.2) is 12.7 Å². The molecule has 1 aliphatic carbocycles. The number of likely N-dealkylation sites (tertiary alicyclic amines) is 1. The van der Waals surface area contributed by atoms with Crippen molar-refractivity contribution < 1.29 is 4.79 Å². The third-order valence-electron chi connectivity index (χ3n) is 4.22. The van der Waals surface area contributed by atoms with Gasteiger partial charge >= 0.3 is 0 Å². The van der Waals surface area contributed by atoms with E-state index < -0.39 is 0 Å². The molecule has 2 nitrogen and oxygen atoms in total. The molecule has 84 valence electrons. The highest BCUT2D eigenvalue weighted by Crippen LogP contribution is 2.44. The monoisotopic (exact) mass is 207 g/mol. The first-order chi connectivity index (χ1) is 7.15. The summed E-state index contributed by atoms with van der Waals surface area (Å²) in [5.74, 6) is 2.57. The maximum Gasteiger partial charge on any atom is 0.226 e. The van der Waals surface area contributed by atoms with Crippen molar-refractivity contribution in [2.75, 3.05) is 13.1 Å². The van der Waals surface area contributed by atoms with Gasteiger partial charge in [0.25, 0.3) is 0 Å². The van der Waals surface area contributed by atoms with Gasteiger partial charge in [-0.3, -0.25) is 4.79 Å². The lowest BCUT2D eigenvalue weighted by Gasteiger charge is -2.39. The summed E-state index contributed by atoms with van der Waals surface area (Å²) in [5.41, 5.74) is 0. The summed E-state index contributed by atoms with van der Waals surface area (Å²) in [6.45, 7) is 9.89. The topological polar surface area (TPSA) is 20.3 Å². The minimum absolute atomic E-state index is 0.300. The van der Waals surface area contributed by atoms with E-state index in [1.54, 1.807) is 0 Å². The molecule has 0 aromatic heterocycles. The SMILES string of the molecule is C=CCN1C[C@@H](C)[C@H]2CC[C@H](C)[C@H]2C1=O. The lowest BCUT2D eigenvalue weighted by atomic mass is 9.78. The third kappa shape index (κ3) is 1.70. The minimum atomic E-state index is 0.300. The molecule has 0 bridgehead atoms. The van der Waals surface area contributed by atoms with Crippen LogP contribution in [0.2, 0.25) is 0 Å². The van der Waals surface area contributed by atoms with Crippen molar-refractivity contribution in [3.8, 4) is 0 Å². The van der Waals surface area contributed by atoms with Crippen LogP contribution in [0.5, 0.6) is 0 Å². The molecule has 1 saturated carbocycles. The average Bonchev–Trinajstić information content (AvgIpc) is 2.57. The first-order valence-electron chi connectivity index (χ1n) is 6.04. The smallest absolute Gasteiger partial charge is 0.226 e. The molecule has 1 aliphatic heterocycles.